The number of hydrogen-bond acceptors (Lipinski definition) is 2. The van der Waals surface area contributed by atoms with E-state index >= 15 is 0 Å². The molecule has 116 valence electrons. The zero-order valence-electron chi connectivity index (χ0n) is 12.9. The lowest BCUT2D eigenvalue weighted by molar-refractivity contribution is -0.120. The number of hydrogen-bond donors (Lipinski definition) is 1. The number of nitrogens with zero attached hydrogens (tertiary/aromatic N) is 1. The van der Waals surface area contributed by atoms with E-state index in [2.05, 4.69) is 22.3 Å². The molecule has 0 aliphatic heterocycles. The Labute approximate surface area is 136 Å². The maximum atomic E-state index is 12.1. The highest BCUT2D eigenvalue weighted by Crippen LogP contribution is 2.16. The summed E-state index contributed by atoms with van der Waals surface area (Å²) in [5, 5.41) is 3.69. The van der Waals surface area contributed by atoms with Crippen molar-refractivity contribution >= 4 is 17.5 Å². The van der Waals surface area contributed by atoms with Crippen LogP contribution in [-0.4, -0.2) is 31.4 Å². The lowest BCUT2D eigenvalue weighted by Gasteiger charge is -2.25. The van der Waals surface area contributed by atoms with Gasteiger partial charge in [0.2, 0.25) is 5.91 Å². The molecule has 0 aromatic heterocycles. The molecule has 1 atom stereocenters. The second-order valence-electron chi connectivity index (χ2n) is 5.50. The van der Waals surface area contributed by atoms with Crippen molar-refractivity contribution in [2.45, 2.75) is 12.5 Å². The van der Waals surface area contributed by atoms with Crippen LogP contribution in [0.2, 0.25) is 5.02 Å². The largest absolute Gasteiger partial charge is 0.354 e. The maximum Gasteiger partial charge on any atom is 0.224 e. The second-order valence-corrected chi connectivity index (χ2v) is 5.93. The summed E-state index contributed by atoms with van der Waals surface area (Å²) < 4.78 is 0. The summed E-state index contributed by atoms with van der Waals surface area (Å²) in [5.74, 6) is 0.0186. The molecule has 0 aliphatic rings. The molecule has 0 fully saturated rings. The van der Waals surface area contributed by atoms with Gasteiger partial charge in [0, 0.05) is 11.6 Å². The molecule has 2 aromatic rings. The zero-order valence-corrected chi connectivity index (χ0v) is 13.7. The molecule has 0 radical (unpaired) electrons. The van der Waals surface area contributed by atoms with Crippen molar-refractivity contribution in [3.63, 3.8) is 0 Å². The van der Waals surface area contributed by atoms with Crippen LogP contribution in [-0.2, 0) is 11.2 Å². The van der Waals surface area contributed by atoms with Gasteiger partial charge in [-0.2, -0.15) is 0 Å². The summed E-state index contributed by atoms with van der Waals surface area (Å²) in [6.45, 7) is 0.587. The molecular formula is C18H21ClN2O. The third-order valence-corrected chi connectivity index (χ3v) is 3.83. The Hall–Kier alpha value is -1.84. The molecule has 0 saturated heterocycles. The van der Waals surface area contributed by atoms with Gasteiger partial charge in [-0.25, -0.2) is 0 Å². The van der Waals surface area contributed by atoms with Crippen molar-refractivity contribution in [3.8, 4) is 0 Å². The third kappa shape index (κ3) is 4.86. The number of rotatable bonds is 6. The first-order valence-corrected chi connectivity index (χ1v) is 7.66. The average Bonchev–Trinajstić information content (AvgIpc) is 2.50. The molecule has 22 heavy (non-hydrogen) atoms. The van der Waals surface area contributed by atoms with Crippen molar-refractivity contribution in [2.24, 2.45) is 0 Å². The molecule has 0 bridgehead atoms. The van der Waals surface area contributed by atoms with Crippen molar-refractivity contribution in [3.05, 3.63) is 70.7 Å². The van der Waals surface area contributed by atoms with E-state index in [0.29, 0.717) is 18.0 Å². The number of nitrogens with one attached hydrogen (secondary N) is 1. The van der Waals surface area contributed by atoms with Gasteiger partial charge in [-0.3, -0.25) is 4.79 Å². The molecule has 1 amide bonds. The van der Waals surface area contributed by atoms with Gasteiger partial charge in [-0.1, -0.05) is 54.1 Å². The van der Waals surface area contributed by atoms with Gasteiger partial charge in [0.15, 0.2) is 0 Å². The Morgan fingerprint density at radius 2 is 1.73 bits per heavy atom. The number of carbonyl (C=O) groups excluding carboxylic acids is 1. The fourth-order valence-electron chi connectivity index (χ4n) is 2.33. The minimum Gasteiger partial charge on any atom is -0.354 e. The monoisotopic (exact) mass is 316 g/mol. The van der Waals surface area contributed by atoms with Crippen LogP contribution in [0, 0.1) is 0 Å². The molecule has 0 heterocycles. The van der Waals surface area contributed by atoms with Crippen LogP contribution >= 0.6 is 11.6 Å². The number of halogens is 1. The molecule has 2 aromatic carbocycles. The van der Waals surface area contributed by atoms with E-state index in [9.17, 15) is 4.79 Å². The van der Waals surface area contributed by atoms with E-state index in [-0.39, 0.29) is 11.9 Å². The summed E-state index contributed by atoms with van der Waals surface area (Å²) >= 11 is 5.85. The van der Waals surface area contributed by atoms with E-state index in [4.69, 9.17) is 11.6 Å². The Morgan fingerprint density at radius 1 is 1.09 bits per heavy atom. The van der Waals surface area contributed by atoms with Crippen LogP contribution < -0.4 is 5.32 Å². The Kier molecular flexibility index (Phi) is 5.99. The summed E-state index contributed by atoms with van der Waals surface area (Å²) in [5.41, 5.74) is 2.15. The molecule has 3 nitrogen and oxygen atoms in total. The molecule has 4 heteroatoms. The van der Waals surface area contributed by atoms with E-state index in [1.54, 1.807) is 12.1 Å². The number of benzene rings is 2. The highest BCUT2D eigenvalue weighted by molar-refractivity contribution is 6.30. The molecule has 0 spiro atoms. The maximum absolute atomic E-state index is 12.1. The molecule has 1 N–H and O–H groups in total. The Balaban J connectivity index is 1.92. The van der Waals surface area contributed by atoms with Crippen LogP contribution in [0.1, 0.15) is 17.2 Å². The minimum atomic E-state index is 0.0186. The highest BCUT2D eigenvalue weighted by atomic mass is 35.5. The highest BCUT2D eigenvalue weighted by Gasteiger charge is 2.14. The van der Waals surface area contributed by atoms with Gasteiger partial charge in [-0.15, -0.1) is 0 Å². The Bertz CT molecular complexity index is 596. The van der Waals surface area contributed by atoms with Crippen LogP contribution in [0.3, 0.4) is 0 Å². The average molecular weight is 317 g/mol. The van der Waals surface area contributed by atoms with Gasteiger partial charge in [0.05, 0.1) is 12.5 Å². The van der Waals surface area contributed by atoms with Crippen molar-refractivity contribution < 1.29 is 4.79 Å². The van der Waals surface area contributed by atoms with E-state index < -0.39 is 0 Å². The predicted molar refractivity (Wildman–Crippen MR) is 91.0 cm³/mol. The molecular weight excluding hydrogens is 296 g/mol. The standard InChI is InChI=1S/C18H21ClN2O/c1-21(2)17(15-6-4-3-5-7-15)13-20-18(22)12-14-8-10-16(19)11-9-14/h3-11,17H,12-13H2,1-2H3,(H,20,22). The summed E-state index contributed by atoms with van der Waals surface area (Å²) in [7, 11) is 4.03. The quantitative estimate of drug-likeness (QED) is 0.887. The third-order valence-electron chi connectivity index (χ3n) is 3.58. The van der Waals surface area contributed by atoms with E-state index in [0.717, 1.165) is 5.56 Å². The van der Waals surface area contributed by atoms with Crippen molar-refractivity contribution in [1.82, 2.24) is 10.2 Å². The summed E-state index contributed by atoms with van der Waals surface area (Å²) in [4.78, 5) is 14.2. The normalized spacial score (nSPS) is 12.2. The molecule has 0 saturated carbocycles. The number of likely N-dealkylation sites (N-methyl/N-ethyl adjacent to an activating group) is 1. The number of amides is 1. The van der Waals surface area contributed by atoms with E-state index in [1.807, 2.05) is 44.4 Å². The first-order valence-electron chi connectivity index (χ1n) is 7.29. The van der Waals surface area contributed by atoms with Gasteiger partial charge < -0.3 is 10.2 Å². The topological polar surface area (TPSA) is 32.3 Å². The predicted octanol–water partition coefficient (Wildman–Crippen LogP) is 3.30. The van der Waals surface area contributed by atoms with Crippen molar-refractivity contribution in [2.75, 3.05) is 20.6 Å². The van der Waals surface area contributed by atoms with Crippen LogP contribution in [0.4, 0.5) is 0 Å². The lowest BCUT2D eigenvalue weighted by Crippen LogP contribution is -2.35. The fourth-order valence-corrected chi connectivity index (χ4v) is 2.46. The molecule has 0 aliphatic carbocycles. The first kappa shape index (κ1) is 16.5. The van der Waals surface area contributed by atoms with Crippen LogP contribution in [0.25, 0.3) is 0 Å². The number of carbonyl (C=O) groups is 1. The first-order chi connectivity index (χ1) is 10.6. The molecule has 2 rings (SSSR count). The summed E-state index contributed by atoms with van der Waals surface area (Å²) in [6, 6.07) is 17.7. The minimum absolute atomic E-state index is 0.0186. The van der Waals surface area contributed by atoms with Gasteiger partial charge >= 0.3 is 0 Å². The van der Waals surface area contributed by atoms with Gasteiger partial charge in [-0.05, 0) is 37.4 Å². The molecule has 1 unspecified atom stereocenters. The SMILES string of the molecule is CN(C)C(CNC(=O)Cc1ccc(Cl)cc1)c1ccccc1. The van der Waals surface area contributed by atoms with Crippen LogP contribution in [0.5, 0.6) is 0 Å². The van der Waals surface area contributed by atoms with Gasteiger partial charge in [0.25, 0.3) is 0 Å². The lowest BCUT2D eigenvalue weighted by atomic mass is 10.1. The van der Waals surface area contributed by atoms with Crippen LogP contribution in [0.15, 0.2) is 54.6 Å². The Morgan fingerprint density at radius 3 is 2.32 bits per heavy atom. The van der Waals surface area contributed by atoms with Crippen molar-refractivity contribution in [1.29, 1.82) is 0 Å². The fraction of sp³-hybridized carbons (Fsp3) is 0.278. The smallest absolute Gasteiger partial charge is 0.224 e. The second kappa shape index (κ2) is 7.97. The van der Waals surface area contributed by atoms with E-state index in [1.165, 1.54) is 5.56 Å². The summed E-state index contributed by atoms with van der Waals surface area (Å²) in [6.07, 6.45) is 0.367. The zero-order chi connectivity index (χ0) is 15.9. The van der Waals surface area contributed by atoms with Gasteiger partial charge in [0.1, 0.15) is 0 Å².